The van der Waals surface area contributed by atoms with E-state index in [0.29, 0.717) is 6.54 Å². The van der Waals surface area contributed by atoms with E-state index >= 15 is 0 Å². The molecule has 0 fully saturated rings. The van der Waals surface area contributed by atoms with Crippen LogP contribution in [-0.4, -0.2) is 28.8 Å². The minimum absolute atomic E-state index is 0.0623. The van der Waals surface area contributed by atoms with E-state index < -0.39 is 15.5 Å². The van der Waals surface area contributed by atoms with Gasteiger partial charge in [0.1, 0.15) is 5.69 Å². The molecule has 9 heteroatoms. The molecule has 0 heterocycles. The zero-order valence-corrected chi connectivity index (χ0v) is 10.8. The molecule has 0 unspecified atom stereocenters. The molecule has 0 aliphatic carbocycles. The first-order chi connectivity index (χ1) is 9.45. The number of anilines is 1. The van der Waals surface area contributed by atoms with Crippen LogP contribution in [0.15, 0.2) is 18.2 Å². The maximum Gasteiger partial charge on any atom is 0.299 e. The third kappa shape index (κ3) is 4.19. The predicted octanol–water partition coefficient (Wildman–Crippen LogP) is 1.44. The number of nitro benzene ring substituents is 2. The minimum atomic E-state index is -0.737. The topological polar surface area (TPSA) is 127 Å². The lowest BCUT2D eigenvalue weighted by atomic mass is 10.2. The minimum Gasteiger partial charge on any atom is -0.371 e. The van der Waals surface area contributed by atoms with Crippen molar-refractivity contribution in [2.45, 2.75) is 13.3 Å². The van der Waals surface area contributed by atoms with E-state index in [0.717, 1.165) is 18.6 Å². The van der Waals surface area contributed by atoms with Crippen molar-refractivity contribution in [3.63, 3.8) is 0 Å². The number of hydrogen-bond donors (Lipinski definition) is 2. The Bertz CT molecular complexity index is 532. The Hall–Kier alpha value is -2.71. The van der Waals surface area contributed by atoms with Crippen LogP contribution in [0.2, 0.25) is 0 Å². The van der Waals surface area contributed by atoms with Gasteiger partial charge in [0.25, 0.3) is 11.4 Å². The Kier molecular flexibility index (Phi) is 5.39. The largest absolute Gasteiger partial charge is 0.371 e. The summed E-state index contributed by atoms with van der Waals surface area (Å²) in [7, 11) is 0. The number of carbonyl (C=O) groups is 1. The molecule has 1 aromatic carbocycles. The average Bonchev–Trinajstić information content (AvgIpc) is 2.42. The lowest BCUT2D eigenvalue weighted by Crippen LogP contribution is -2.30. The van der Waals surface area contributed by atoms with Crippen LogP contribution in [0.5, 0.6) is 0 Å². The lowest BCUT2D eigenvalue weighted by Gasteiger charge is -2.07. The maximum absolute atomic E-state index is 11.4. The van der Waals surface area contributed by atoms with E-state index in [1.165, 1.54) is 6.07 Å². The van der Waals surface area contributed by atoms with Gasteiger partial charge in [-0.3, -0.25) is 25.0 Å². The van der Waals surface area contributed by atoms with Gasteiger partial charge in [0.15, 0.2) is 0 Å². The number of nitro groups is 2. The van der Waals surface area contributed by atoms with Crippen molar-refractivity contribution in [3.05, 3.63) is 38.4 Å². The molecule has 0 aliphatic rings. The first kappa shape index (κ1) is 15.3. The van der Waals surface area contributed by atoms with Crippen molar-refractivity contribution in [2.75, 3.05) is 18.4 Å². The molecule has 1 aromatic rings. The quantitative estimate of drug-likeness (QED) is 0.575. The highest BCUT2D eigenvalue weighted by Crippen LogP contribution is 2.28. The third-order valence-corrected chi connectivity index (χ3v) is 2.40. The van der Waals surface area contributed by atoms with Crippen molar-refractivity contribution in [1.29, 1.82) is 0 Å². The average molecular weight is 282 g/mol. The van der Waals surface area contributed by atoms with Gasteiger partial charge in [-0.2, -0.15) is 0 Å². The van der Waals surface area contributed by atoms with Crippen LogP contribution in [-0.2, 0) is 4.79 Å². The van der Waals surface area contributed by atoms with Gasteiger partial charge >= 0.3 is 0 Å². The van der Waals surface area contributed by atoms with Gasteiger partial charge in [0.05, 0.1) is 22.5 Å². The van der Waals surface area contributed by atoms with Gasteiger partial charge in [0, 0.05) is 12.6 Å². The number of rotatable bonds is 7. The first-order valence-corrected chi connectivity index (χ1v) is 5.89. The summed E-state index contributed by atoms with van der Waals surface area (Å²) in [6, 6.07) is 3.20. The molecule has 1 amide bonds. The Morgan fingerprint density at radius 1 is 1.25 bits per heavy atom. The second kappa shape index (κ2) is 7.02. The Labute approximate surface area is 114 Å². The monoisotopic (exact) mass is 282 g/mol. The highest BCUT2D eigenvalue weighted by Gasteiger charge is 2.19. The van der Waals surface area contributed by atoms with Crippen LogP contribution in [0.3, 0.4) is 0 Å². The van der Waals surface area contributed by atoms with E-state index in [2.05, 4.69) is 10.6 Å². The molecule has 0 aromatic heterocycles. The molecule has 0 bridgehead atoms. The van der Waals surface area contributed by atoms with Crippen molar-refractivity contribution in [2.24, 2.45) is 0 Å². The van der Waals surface area contributed by atoms with Crippen LogP contribution in [0, 0.1) is 20.2 Å². The summed E-state index contributed by atoms with van der Waals surface area (Å²) in [4.78, 5) is 31.4. The molecule has 0 radical (unpaired) electrons. The fraction of sp³-hybridized carbons (Fsp3) is 0.364. The zero-order chi connectivity index (χ0) is 15.1. The SMILES string of the molecule is CCCNC(=O)CNc1ccc([N+](=O)[O-])cc1[N+](=O)[O-]. The molecule has 108 valence electrons. The maximum atomic E-state index is 11.4. The summed E-state index contributed by atoms with van der Waals surface area (Å²) in [6.07, 6.45) is 0.781. The van der Waals surface area contributed by atoms with Crippen LogP contribution < -0.4 is 10.6 Å². The van der Waals surface area contributed by atoms with E-state index in [1.807, 2.05) is 6.92 Å². The molecule has 9 nitrogen and oxygen atoms in total. The number of carbonyl (C=O) groups excluding carboxylic acids is 1. The van der Waals surface area contributed by atoms with Gasteiger partial charge in [-0.15, -0.1) is 0 Å². The van der Waals surface area contributed by atoms with Crippen molar-refractivity contribution in [1.82, 2.24) is 5.32 Å². The summed E-state index contributed by atoms with van der Waals surface area (Å²) in [5.41, 5.74) is -0.757. The predicted molar refractivity (Wildman–Crippen MR) is 71.5 cm³/mol. The van der Waals surface area contributed by atoms with Gasteiger partial charge in [-0.1, -0.05) is 6.92 Å². The fourth-order valence-corrected chi connectivity index (χ4v) is 1.44. The zero-order valence-electron chi connectivity index (χ0n) is 10.8. The van der Waals surface area contributed by atoms with Crippen molar-refractivity contribution < 1.29 is 14.6 Å². The second-order valence-corrected chi connectivity index (χ2v) is 3.92. The molecule has 0 aliphatic heterocycles. The molecule has 0 atom stereocenters. The van der Waals surface area contributed by atoms with Crippen LogP contribution >= 0.6 is 0 Å². The molecule has 2 N–H and O–H groups in total. The van der Waals surface area contributed by atoms with Gasteiger partial charge in [-0.05, 0) is 12.5 Å². The molecular weight excluding hydrogens is 268 g/mol. The number of non-ortho nitro benzene ring substituents is 1. The van der Waals surface area contributed by atoms with Crippen molar-refractivity contribution in [3.8, 4) is 0 Å². The number of nitrogens with one attached hydrogen (secondary N) is 2. The number of benzene rings is 1. The van der Waals surface area contributed by atoms with Gasteiger partial charge < -0.3 is 10.6 Å². The van der Waals surface area contributed by atoms with Crippen molar-refractivity contribution >= 4 is 23.0 Å². The number of hydrogen-bond acceptors (Lipinski definition) is 6. The van der Waals surface area contributed by atoms with Crippen LogP contribution in [0.1, 0.15) is 13.3 Å². The summed E-state index contributed by atoms with van der Waals surface area (Å²) in [5, 5.41) is 26.6. The molecule has 20 heavy (non-hydrogen) atoms. The molecule has 0 saturated carbocycles. The van der Waals surface area contributed by atoms with E-state index in [1.54, 1.807) is 0 Å². The Morgan fingerprint density at radius 3 is 2.50 bits per heavy atom. The first-order valence-electron chi connectivity index (χ1n) is 5.89. The smallest absolute Gasteiger partial charge is 0.299 e. The second-order valence-electron chi connectivity index (χ2n) is 3.92. The highest BCUT2D eigenvalue weighted by atomic mass is 16.6. The summed E-state index contributed by atoms with van der Waals surface area (Å²) in [6.45, 7) is 2.27. The summed E-state index contributed by atoms with van der Waals surface area (Å²) < 4.78 is 0. The standard InChI is InChI=1S/C11H14N4O5/c1-2-5-12-11(16)7-13-9-4-3-8(14(17)18)6-10(9)15(19)20/h3-4,6,13H,2,5,7H2,1H3,(H,12,16). The van der Waals surface area contributed by atoms with E-state index in [4.69, 9.17) is 0 Å². The number of nitrogens with zero attached hydrogens (tertiary/aromatic N) is 2. The normalized spacial score (nSPS) is 9.85. The van der Waals surface area contributed by atoms with Crippen LogP contribution in [0.25, 0.3) is 0 Å². The molecule has 0 spiro atoms. The summed E-state index contributed by atoms with van der Waals surface area (Å²) in [5.74, 6) is -0.306. The molecule has 1 rings (SSSR count). The summed E-state index contributed by atoms with van der Waals surface area (Å²) >= 11 is 0. The van der Waals surface area contributed by atoms with Gasteiger partial charge in [0.2, 0.25) is 5.91 Å². The molecule has 0 saturated heterocycles. The molecular formula is C11H14N4O5. The van der Waals surface area contributed by atoms with Gasteiger partial charge in [-0.25, -0.2) is 0 Å². The lowest BCUT2D eigenvalue weighted by molar-refractivity contribution is -0.393. The highest BCUT2D eigenvalue weighted by molar-refractivity contribution is 5.81. The van der Waals surface area contributed by atoms with E-state index in [9.17, 15) is 25.0 Å². The van der Waals surface area contributed by atoms with Crippen LogP contribution in [0.4, 0.5) is 17.1 Å². The Morgan fingerprint density at radius 2 is 1.95 bits per heavy atom. The van der Waals surface area contributed by atoms with E-state index in [-0.39, 0.29) is 23.8 Å². The third-order valence-electron chi connectivity index (χ3n) is 2.40. The number of amides is 1. The Balaban J connectivity index is 2.81. The fourth-order valence-electron chi connectivity index (χ4n) is 1.44.